The number of nitriles is 1. The van der Waals surface area contributed by atoms with E-state index in [-0.39, 0.29) is 0 Å². The molecule has 0 heterocycles. The zero-order valence-electron chi connectivity index (χ0n) is 9.94. The lowest BCUT2D eigenvalue weighted by Crippen LogP contribution is -2.25. The van der Waals surface area contributed by atoms with E-state index < -0.39 is 0 Å². The fourth-order valence-electron chi connectivity index (χ4n) is 2.34. The first-order valence-electron chi connectivity index (χ1n) is 5.83. The van der Waals surface area contributed by atoms with E-state index in [2.05, 4.69) is 17.6 Å². The number of hydrogen-bond donors (Lipinski definition) is 2. The van der Waals surface area contributed by atoms with Crippen molar-refractivity contribution in [3.05, 3.63) is 23.8 Å². The van der Waals surface area contributed by atoms with Gasteiger partial charge in [-0.1, -0.05) is 6.42 Å². The average Bonchev–Trinajstić information content (AvgIpc) is 2.76. The topological polar surface area (TPSA) is 61.8 Å². The third-order valence-corrected chi connectivity index (χ3v) is 4.45. The summed E-state index contributed by atoms with van der Waals surface area (Å²) in [6.45, 7) is 0. The van der Waals surface area contributed by atoms with Crippen molar-refractivity contribution in [2.24, 2.45) is 0 Å². The Morgan fingerprint density at radius 3 is 2.94 bits per heavy atom. The van der Waals surface area contributed by atoms with Gasteiger partial charge in [0.1, 0.15) is 6.07 Å². The van der Waals surface area contributed by atoms with Crippen LogP contribution in [0, 0.1) is 11.3 Å². The van der Waals surface area contributed by atoms with Gasteiger partial charge in [0.25, 0.3) is 0 Å². The summed E-state index contributed by atoms with van der Waals surface area (Å²) < 4.78 is 0. The highest BCUT2D eigenvalue weighted by Gasteiger charge is 2.26. The summed E-state index contributed by atoms with van der Waals surface area (Å²) in [7, 11) is 0. The zero-order valence-corrected chi connectivity index (χ0v) is 10.8. The van der Waals surface area contributed by atoms with E-state index in [1.807, 2.05) is 23.9 Å². The molecule has 2 rings (SSSR count). The molecule has 3 nitrogen and oxygen atoms in total. The number of nitrogens with two attached hydrogens (primary N) is 1. The number of nitrogen functional groups attached to an aromatic ring is 1. The lowest BCUT2D eigenvalue weighted by Gasteiger charge is -2.20. The maximum absolute atomic E-state index is 8.82. The first-order chi connectivity index (χ1) is 8.24. The predicted octanol–water partition coefficient (Wildman–Crippen LogP) is 2.84. The Morgan fingerprint density at radius 2 is 2.29 bits per heavy atom. The predicted molar refractivity (Wildman–Crippen MR) is 74.1 cm³/mol. The summed E-state index contributed by atoms with van der Waals surface area (Å²) in [4.78, 5) is 0. The van der Waals surface area contributed by atoms with Gasteiger partial charge in [-0.05, 0) is 37.3 Å². The van der Waals surface area contributed by atoms with E-state index in [1.54, 1.807) is 6.07 Å². The first-order valence-corrected chi connectivity index (χ1v) is 7.12. The fourth-order valence-corrected chi connectivity index (χ4v) is 3.28. The molecule has 0 radical (unpaired) electrons. The minimum absolute atomic E-state index is 0.525. The van der Waals surface area contributed by atoms with Gasteiger partial charge in [0, 0.05) is 17.0 Å². The second-order valence-corrected chi connectivity index (χ2v) is 5.45. The molecule has 1 aromatic rings. The molecule has 1 saturated carbocycles. The molecule has 0 aliphatic heterocycles. The molecule has 90 valence electrons. The largest absolute Gasteiger partial charge is 0.398 e. The highest BCUT2D eigenvalue weighted by Crippen LogP contribution is 2.31. The summed E-state index contributed by atoms with van der Waals surface area (Å²) in [6, 6.07) is 8.17. The lowest BCUT2D eigenvalue weighted by molar-refractivity contribution is 0.769. The van der Waals surface area contributed by atoms with Crippen LogP contribution in [0.1, 0.15) is 24.8 Å². The molecule has 0 amide bonds. The standard InChI is InChI=1S/C13H17N3S/c1-17-13-4-2-3-12(13)16-10-6-5-9(8-14)11(15)7-10/h5-7,12-13,16H,2-4,15H2,1H3. The molecule has 1 aliphatic carbocycles. The van der Waals surface area contributed by atoms with Gasteiger partial charge >= 0.3 is 0 Å². The van der Waals surface area contributed by atoms with Crippen molar-refractivity contribution < 1.29 is 0 Å². The monoisotopic (exact) mass is 247 g/mol. The Bertz CT molecular complexity index is 439. The number of hydrogen-bond acceptors (Lipinski definition) is 4. The second kappa shape index (κ2) is 5.33. The molecular formula is C13H17N3S. The van der Waals surface area contributed by atoms with Crippen LogP contribution in [0.3, 0.4) is 0 Å². The third kappa shape index (κ3) is 2.67. The van der Waals surface area contributed by atoms with E-state index >= 15 is 0 Å². The van der Waals surface area contributed by atoms with Crippen molar-refractivity contribution in [2.45, 2.75) is 30.6 Å². The van der Waals surface area contributed by atoms with Crippen LogP contribution < -0.4 is 11.1 Å². The SMILES string of the molecule is CSC1CCCC1Nc1ccc(C#N)c(N)c1. The van der Waals surface area contributed by atoms with Crippen molar-refractivity contribution in [1.82, 2.24) is 0 Å². The lowest BCUT2D eigenvalue weighted by atomic mass is 10.1. The molecule has 0 saturated heterocycles. The Kier molecular flexibility index (Phi) is 3.80. The van der Waals surface area contributed by atoms with Crippen LogP contribution in [0.15, 0.2) is 18.2 Å². The molecule has 1 aliphatic rings. The molecular weight excluding hydrogens is 230 g/mol. The number of nitrogens with one attached hydrogen (secondary N) is 1. The molecule has 17 heavy (non-hydrogen) atoms. The van der Waals surface area contributed by atoms with E-state index in [9.17, 15) is 0 Å². The maximum atomic E-state index is 8.82. The van der Waals surface area contributed by atoms with Gasteiger partial charge in [-0.15, -0.1) is 0 Å². The highest BCUT2D eigenvalue weighted by atomic mass is 32.2. The van der Waals surface area contributed by atoms with Gasteiger partial charge in [0.05, 0.1) is 11.3 Å². The Hall–Kier alpha value is -1.34. The smallest absolute Gasteiger partial charge is 0.101 e. The van der Waals surface area contributed by atoms with Crippen molar-refractivity contribution in [2.75, 3.05) is 17.3 Å². The number of benzene rings is 1. The zero-order chi connectivity index (χ0) is 12.3. The van der Waals surface area contributed by atoms with Gasteiger partial charge in [-0.25, -0.2) is 0 Å². The van der Waals surface area contributed by atoms with E-state index in [1.165, 1.54) is 19.3 Å². The molecule has 0 bridgehead atoms. The number of thioether (sulfide) groups is 1. The summed E-state index contributed by atoms with van der Waals surface area (Å²) in [5.74, 6) is 0. The third-order valence-electron chi connectivity index (χ3n) is 3.28. The van der Waals surface area contributed by atoms with Crippen molar-refractivity contribution in [1.29, 1.82) is 5.26 Å². The van der Waals surface area contributed by atoms with Gasteiger partial charge in [-0.3, -0.25) is 0 Å². The van der Waals surface area contributed by atoms with Crippen molar-refractivity contribution in [3.63, 3.8) is 0 Å². The van der Waals surface area contributed by atoms with E-state index in [4.69, 9.17) is 11.0 Å². The van der Waals surface area contributed by atoms with E-state index in [0.29, 0.717) is 22.5 Å². The molecule has 0 aromatic heterocycles. The van der Waals surface area contributed by atoms with Crippen LogP contribution in [0.5, 0.6) is 0 Å². The highest BCUT2D eigenvalue weighted by molar-refractivity contribution is 7.99. The summed E-state index contributed by atoms with van der Waals surface area (Å²) >= 11 is 1.93. The second-order valence-electron chi connectivity index (χ2n) is 4.37. The quantitative estimate of drug-likeness (QED) is 0.806. The van der Waals surface area contributed by atoms with E-state index in [0.717, 1.165) is 5.69 Å². The molecule has 2 atom stereocenters. The van der Waals surface area contributed by atoms with Crippen LogP contribution in [-0.2, 0) is 0 Å². The number of anilines is 2. The van der Waals surface area contributed by atoms with Crippen LogP contribution >= 0.6 is 11.8 Å². The van der Waals surface area contributed by atoms with Gasteiger partial charge in [-0.2, -0.15) is 17.0 Å². The number of rotatable bonds is 3. The molecule has 3 N–H and O–H groups in total. The minimum Gasteiger partial charge on any atom is -0.398 e. The minimum atomic E-state index is 0.525. The summed E-state index contributed by atoms with van der Waals surface area (Å²) in [5, 5.41) is 13.0. The molecule has 1 fully saturated rings. The Morgan fingerprint density at radius 1 is 1.47 bits per heavy atom. The van der Waals surface area contributed by atoms with Crippen molar-refractivity contribution in [3.8, 4) is 6.07 Å². The van der Waals surface area contributed by atoms with Crippen LogP contribution in [-0.4, -0.2) is 17.5 Å². The van der Waals surface area contributed by atoms with Gasteiger partial charge in [0.15, 0.2) is 0 Å². The van der Waals surface area contributed by atoms with Gasteiger partial charge < -0.3 is 11.1 Å². The number of nitrogens with zero attached hydrogens (tertiary/aromatic N) is 1. The fraction of sp³-hybridized carbons (Fsp3) is 0.462. The average molecular weight is 247 g/mol. The Balaban J connectivity index is 2.09. The summed E-state index contributed by atoms with van der Waals surface area (Å²) in [5.41, 5.74) is 7.92. The normalized spacial score (nSPS) is 23.3. The Labute approximate surface area is 106 Å². The maximum Gasteiger partial charge on any atom is 0.101 e. The molecule has 0 spiro atoms. The molecule has 2 unspecified atom stereocenters. The van der Waals surface area contributed by atoms with Crippen molar-refractivity contribution >= 4 is 23.1 Å². The molecule has 4 heteroatoms. The van der Waals surface area contributed by atoms with Crippen LogP contribution in [0.4, 0.5) is 11.4 Å². The molecule has 1 aromatic carbocycles. The van der Waals surface area contributed by atoms with Crippen LogP contribution in [0.25, 0.3) is 0 Å². The van der Waals surface area contributed by atoms with Gasteiger partial charge in [0.2, 0.25) is 0 Å². The van der Waals surface area contributed by atoms with Crippen LogP contribution in [0.2, 0.25) is 0 Å². The summed E-state index contributed by atoms with van der Waals surface area (Å²) in [6.07, 6.45) is 5.95. The first kappa shape index (κ1) is 12.1.